The Kier molecular flexibility index (Phi) is 6.82. The number of piperidine rings is 1. The van der Waals surface area contributed by atoms with E-state index in [-0.39, 0.29) is 16.9 Å². The van der Waals surface area contributed by atoms with Gasteiger partial charge in [-0.15, -0.1) is 0 Å². The van der Waals surface area contributed by atoms with E-state index in [2.05, 4.69) is 27.3 Å². The molecule has 10 heteroatoms. The fourth-order valence-electron chi connectivity index (χ4n) is 4.12. The van der Waals surface area contributed by atoms with Gasteiger partial charge in [-0.3, -0.25) is 4.79 Å². The van der Waals surface area contributed by atoms with Crippen LogP contribution in [0, 0.1) is 12.8 Å². The molecule has 9 nitrogen and oxygen atoms in total. The minimum absolute atomic E-state index is 0.0204. The maximum Gasteiger partial charge on any atom is 0.262 e. The van der Waals surface area contributed by atoms with Crippen molar-refractivity contribution in [3.63, 3.8) is 0 Å². The highest BCUT2D eigenvalue weighted by Gasteiger charge is 2.33. The fourth-order valence-corrected chi connectivity index (χ4v) is 5.62. The number of rotatable bonds is 6. The molecule has 2 saturated heterocycles. The van der Waals surface area contributed by atoms with Gasteiger partial charge < -0.3 is 19.5 Å². The largest absolute Gasteiger partial charge is 0.378 e. The van der Waals surface area contributed by atoms with E-state index in [9.17, 15) is 13.2 Å². The summed E-state index contributed by atoms with van der Waals surface area (Å²) < 4.78 is 34.2. The third kappa shape index (κ3) is 4.97. The monoisotopic (exact) mass is 461 g/mol. The van der Waals surface area contributed by atoms with E-state index in [4.69, 9.17) is 4.74 Å². The number of aryl methyl sites for hydroxylation is 2. The number of nitrogens with zero attached hydrogens (tertiary/aromatic N) is 4. The minimum Gasteiger partial charge on any atom is -0.378 e. The van der Waals surface area contributed by atoms with Crippen LogP contribution in [0.1, 0.15) is 24.2 Å². The fraction of sp³-hybridized carbons (Fsp3) is 0.545. The molecule has 0 aliphatic carbocycles. The predicted octanol–water partition coefficient (Wildman–Crippen LogP) is 1.28. The Bertz CT molecular complexity index is 1020. The first-order valence-electron chi connectivity index (χ1n) is 11.0. The molecule has 174 valence electrons. The smallest absolute Gasteiger partial charge is 0.262 e. The van der Waals surface area contributed by atoms with Gasteiger partial charge in [-0.2, -0.15) is 4.31 Å². The Labute approximate surface area is 189 Å². The van der Waals surface area contributed by atoms with Gasteiger partial charge >= 0.3 is 0 Å². The lowest BCUT2D eigenvalue weighted by Gasteiger charge is -2.30. The molecule has 1 aromatic heterocycles. The number of ether oxygens (including phenoxy) is 1. The van der Waals surface area contributed by atoms with E-state index >= 15 is 0 Å². The number of carbonyl (C=O) groups is 1. The zero-order chi connectivity index (χ0) is 22.7. The van der Waals surface area contributed by atoms with Crippen molar-refractivity contribution in [1.29, 1.82) is 0 Å². The molecule has 3 heterocycles. The molecule has 0 atom stereocenters. The zero-order valence-electron chi connectivity index (χ0n) is 18.7. The first-order valence-corrected chi connectivity index (χ1v) is 12.5. The molecule has 0 spiro atoms. The van der Waals surface area contributed by atoms with Crippen LogP contribution in [0.3, 0.4) is 0 Å². The molecule has 2 aliphatic heterocycles. The predicted molar refractivity (Wildman–Crippen MR) is 121 cm³/mol. The van der Waals surface area contributed by atoms with E-state index < -0.39 is 10.0 Å². The van der Waals surface area contributed by atoms with Crippen molar-refractivity contribution < 1.29 is 17.9 Å². The Hall–Kier alpha value is -2.43. The molecule has 1 N–H and O–H groups in total. The van der Waals surface area contributed by atoms with Crippen LogP contribution in [0.25, 0.3) is 0 Å². The number of sulfonamides is 1. The van der Waals surface area contributed by atoms with Gasteiger partial charge in [0, 0.05) is 57.6 Å². The summed E-state index contributed by atoms with van der Waals surface area (Å²) in [5.41, 5.74) is 2.21. The van der Waals surface area contributed by atoms with Gasteiger partial charge in [0.2, 0.25) is 5.91 Å². The highest BCUT2D eigenvalue weighted by Crippen LogP contribution is 2.24. The second kappa shape index (κ2) is 9.60. The Morgan fingerprint density at radius 3 is 2.38 bits per heavy atom. The molecule has 1 aromatic carbocycles. The van der Waals surface area contributed by atoms with Gasteiger partial charge in [0.25, 0.3) is 10.0 Å². The zero-order valence-corrected chi connectivity index (χ0v) is 19.5. The van der Waals surface area contributed by atoms with Gasteiger partial charge in [-0.05, 0) is 37.5 Å². The van der Waals surface area contributed by atoms with Crippen LogP contribution >= 0.6 is 0 Å². The number of imidazole rings is 1. The molecule has 2 fully saturated rings. The number of nitrogens with one attached hydrogen (secondary N) is 1. The van der Waals surface area contributed by atoms with Gasteiger partial charge in [0.15, 0.2) is 5.03 Å². The number of carbonyl (C=O) groups excluding carboxylic acids is 1. The standard InChI is InChI=1S/C22H31N5O4S/c1-17-24-21(16-25(17)2)32(29,30)27-9-7-19(8-10-27)22(28)23-15-18-3-5-20(6-4-18)26-11-13-31-14-12-26/h3-6,16,19H,7-15H2,1-2H3,(H,23,28). The molecular formula is C22H31N5O4S. The maximum absolute atomic E-state index is 12.8. The first-order chi connectivity index (χ1) is 15.3. The summed E-state index contributed by atoms with van der Waals surface area (Å²) in [4.78, 5) is 19.1. The number of anilines is 1. The summed E-state index contributed by atoms with van der Waals surface area (Å²) in [7, 11) is -1.85. The third-order valence-electron chi connectivity index (χ3n) is 6.29. The summed E-state index contributed by atoms with van der Waals surface area (Å²) >= 11 is 0. The lowest BCUT2D eigenvalue weighted by molar-refractivity contribution is -0.126. The highest BCUT2D eigenvalue weighted by atomic mass is 32.2. The summed E-state index contributed by atoms with van der Waals surface area (Å²) in [6.07, 6.45) is 2.55. The lowest BCUT2D eigenvalue weighted by Crippen LogP contribution is -2.43. The average molecular weight is 462 g/mol. The van der Waals surface area contributed by atoms with Crippen LogP contribution in [0.4, 0.5) is 5.69 Å². The van der Waals surface area contributed by atoms with Crippen LogP contribution in [0.2, 0.25) is 0 Å². The minimum atomic E-state index is -3.62. The van der Waals surface area contributed by atoms with Gasteiger partial charge in [0.05, 0.1) is 13.2 Å². The van der Waals surface area contributed by atoms with E-state index in [1.54, 1.807) is 18.5 Å². The van der Waals surface area contributed by atoms with E-state index in [0.717, 1.165) is 31.9 Å². The Morgan fingerprint density at radius 2 is 1.78 bits per heavy atom. The normalized spacial score (nSPS) is 18.6. The average Bonchev–Trinajstić information content (AvgIpc) is 3.17. The van der Waals surface area contributed by atoms with Gasteiger partial charge in [-0.25, -0.2) is 13.4 Å². The molecule has 2 aliphatic rings. The van der Waals surface area contributed by atoms with Gasteiger partial charge in [-0.1, -0.05) is 12.1 Å². The SMILES string of the molecule is Cc1nc(S(=O)(=O)N2CCC(C(=O)NCc3ccc(N4CCOCC4)cc3)CC2)cn1C. The summed E-state index contributed by atoms with van der Waals surface area (Å²) in [5.74, 6) is 0.448. The second-order valence-electron chi connectivity index (χ2n) is 8.40. The van der Waals surface area contributed by atoms with Crippen LogP contribution < -0.4 is 10.2 Å². The van der Waals surface area contributed by atoms with E-state index in [0.29, 0.717) is 38.3 Å². The molecule has 0 radical (unpaired) electrons. The molecule has 1 amide bonds. The van der Waals surface area contributed by atoms with Crippen molar-refractivity contribution in [3.8, 4) is 0 Å². The molecule has 0 unspecified atom stereocenters. The van der Waals surface area contributed by atoms with Crippen LogP contribution in [-0.2, 0) is 33.1 Å². The number of morpholine rings is 1. The molecule has 32 heavy (non-hydrogen) atoms. The number of hydrogen-bond donors (Lipinski definition) is 1. The topological polar surface area (TPSA) is 96.8 Å². The number of benzene rings is 1. The van der Waals surface area contributed by atoms with Gasteiger partial charge in [0.1, 0.15) is 5.82 Å². The van der Waals surface area contributed by atoms with Crippen molar-refractivity contribution >= 4 is 21.6 Å². The van der Waals surface area contributed by atoms with Crippen molar-refractivity contribution in [2.24, 2.45) is 13.0 Å². The molecule has 4 rings (SSSR count). The molecule has 0 bridgehead atoms. The van der Waals surface area contributed by atoms with Crippen LogP contribution in [0.15, 0.2) is 35.5 Å². The summed E-state index contributed by atoms with van der Waals surface area (Å²) in [6.45, 7) is 6.17. The third-order valence-corrected chi connectivity index (χ3v) is 8.07. The highest BCUT2D eigenvalue weighted by molar-refractivity contribution is 7.89. The quantitative estimate of drug-likeness (QED) is 0.696. The molecule has 0 saturated carbocycles. The maximum atomic E-state index is 12.8. The van der Waals surface area contributed by atoms with Crippen molar-refractivity contribution in [2.45, 2.75) is 31.3 Å². The summed E-state index contributed by atoms with van der Waals surface area (Å²) in [6, 6.07) is 8.23. The van der Waals surface area contributed by atoms with E-state index in [1.807, 2.05) is 12.1 Å². The lowest BCUT2D eigenvalue weighted by atomic mass is 9.97. The number of hydrogen-bond acceptors (Lipinski definition) is 6. The number of aromatic nitrogens is 2. The number of amides is 1. The van der Waals surface area contributed by atoms with E-state index in [1.165, 1.54) is 16.2 Å². The van der Waals surface area contributed by atoms with Crippen molar-refractivity contribution in [3.05, 3.63) is 41.9 Å². The molecule has 2 aromatic rings. The van der Waals surface area contributed by atoms with Crippen molar-refractivity contribution in [2.75, 3.05) is 44.3 Å². The summed E-state index contributed by atoms with van der Waals surface area (Å²) in [5, 5.41) is 3.08. The van der Waals surface area contributed by atoms with Crippen LogP contribution in [-0.4, -0.2) is 67.6 Å². The molecular weight excluding hydrogens is 430 g/mol. The van der Waals surface area contributed by atoms with Crippen molar-refractivity contribution in [1.82, 2.24) is 19.2 Å². The van der Waals surface area contributed by atoms with Crippen LogP contribution in [0.5, 0.6) is 0 Å². The first kappa shape index (κ1) is 22.8. The second-order valence-corrected chi connectivity index (χ2v) is 10.3. The Morgan fingerprint density at radius 1 is 1.12 bits per heavy atom. The Balaban J connectivity index is 1.26.